The topological polar surface area (TPSA) is 41.1 Å². The van der Waals surface area contributed by atoms with E-state index < -0.39 is 0 Å². The van der Waals surface area contributed by atoms with E-state index in [-0.39, 0.29) is 0 Å². The molecule has 0 aliphatic carbocycles. The molecule has 0 saturated carbocycles. The summed E-state index contributed by atoms with van der Waals surface area (Å²) in [6, 6.07) is 2.78. The number of hydrogen-bond donors (Lipinski definition) is 1. The zero-order valence-corrected chi connectivity index (χ0v) is 14.1. The number of anilines is 2. The van der Waals surface area contributed by atoms with Crippen molar-refractivity contribution in [3.05, 3.63) is 10.9 Å². The van der Waals surface area contributed by atoms with Gasteiger partial charge in [-0.2, -0.15) is 4.98 Å². The minimum Gasteiger partial charge on any atom is -0.354 e. The highest BCUT2D eigenvalue weighted by molar-refractivity contribution is 7.18. The minimum absolute atomic E-state index is 0.550. The molecule has 5 heteroatoms. The van der Waals surface area contributed by atoms with Gasteiger partial charge in [0.2, 0.25) is 5.95 Å². The molecule has 2 atom stereocenters. The van der Waals surface area contributed by atoms with Gasteiger partial charge in [-0.15, -0.1) is 11.3 Å². The fourth-order valence-corrected chi connectivity index (χ4v) is 3.94. The van der Waals surface area contributed by atoms with Crippen molar-refractivity contribution in [2.75, 3.05) is 23.3 Å². The Hall–Kier alpha value is -1.36. The van der Waals surface area contributed by atoms with Crippen molar-refractivity contribution < 1.29 is 0 Å². The molecule has 21 heavy (non-hydrogen) atoms. The number of aryl methyl sites for hydroxylation is 1. The lowest BCUT2D eigenvalue weighted by atomic mass is 9.95. The van der Waals surface area contributed by atoms with Crippen molar-refractivity contribution >= 4 is 33.3 Å². The first kappa shape index (κ1) is 14.6. The Balaban J connectivity index is 2.10. The van der Waals surface area contributed by atoms with Crippen LogP contribution in [0.15, 0.2) is 6.07 Å². The molecule has 1 aliphatic rings. The third-order valence-corrected chi connectivity index (χ3v) is 5.16. The van der Waals surface area contributed by atoms with Crippen molar-refractivity contribution in [2.45, 2.75) is 46.6 Å². The van der Waals surface area contributed by atoms with Crippen LogP contribution in [0.25, 0.3) is 10.2 Å². The summed E-state index contributed by atoms with van der Waals surface area (Å²) in [6.45, 7) is 10.8. The first-order valence-electron chi connectivity index (χ1n) is 7.87. The molecule has 0 aromatic carbocycles. The standard InChI is InChI=1S/C16H24N4S/c1-5-17-16-18-14(13-8-12(4)21-15(13)19-16)20-9-10(2)6-7-11(20)3/h8,10-11H,5-7,9H2,1-4H3,(H,17,18,19). The summed E-state index contributed by atoms with van der Waals surface area (Å²) < 4.78 is 0. The van der Waals surface area contributed by atoms with Crippen molar-refractivity contribution in [1.29, 1.82) is 0 Å². The van der Waals surface area contributed by atoms with E-state index in [1.54, 1.807) is 11.3 Å². The predicted molar refractivity (Wildman–Crippen MR) is 91.5 cm³/mol. The second-order valence-corrected chi connectivity index (χ2v) is 7.40. The molecule has 3 heterocycles. The number of rotatable bonds is 3. The molecule has 1 fully saturated rings. The summed E-state index contributed by atoms with van der Waals surface area (Å²) in [4.78, 5) is 14.3. The van der Waals surface area contributed by atoms with Gasteiger partial charge in [0.1, 0.15) is 10.6 Å². The summed E-state index contributed by atoms with van der Waals surface area (Å²) in [6.07, 6.45) is 2.56. The van der Waals surface area contributed by atoms with Gasteiger partial charge in [-0.1, -0.05) is 6.92 Å². The van der Waals surface area contributed by atoms with Crippen LogP contribution in [-0.2, 0) is 0 Å². The lowest BCUT2D eigenvalue weighted by Gasteiger charge is -2.38. The maximum absolute atomic E-state index is 4.82. The fraction of sp³-hybridized carbons (Fsp3) is 0.625. The average Bonchev–Trinajstić information content (AvgIpc) is 2.81. The molecule has 0 radical (unpaired) electrons. The van der Waals surface area contributed by atoms with E-state index in [1.807, 2.05) is 0 Å². The highest BCUT2D eigenvalue weighted by Gasteiger charge is 2.26. The van der Waals surface area contributed by atoms with Crippen LogP contribution in [0.1, 0.15) is 38.5 Å². The number of piperidine rings is 1. The molecule has 114 valence electrons. The normalized spacial score (nSPS) is 22.8. The van der Waals surface area contributed by atoms with Crippen molar-refractivity contribution in [2.24, 2.45) is 5.92 Å². The number of fused-ring (bicyclic) bond motifs is 1. The molecule has 0 amide bonds. The molecule has 1 aliphatic heterocycles. The van der Waals surface area contributed by atoms with Crippen LogP contribution in [0.4, 0.5) is 11.8 Å². The second kappa shape index (κ2) is 5.79. The number of aromatic nitrogens is 2. The van der Waals surface area contributed by atoms with E-state index in [2.05, 4.69) is 49.0 Å². The summed E-state index contributed by atoms with van der Waals surface area (Å²) >= 11 is 1.75. The van der Waals surface area contributed by atoms with Crippen LogP contribution in [0.3, 0.4) is 0 Å². The summed E-state index contributed by atoms with van der Waals surface area (Å²) in [5.74, 6) is 2.60. The Morgan fingerprint density at radius 1 is 1.33 bits per heavy atom. The van der Waals surface area contributed by atoms with E-state index in [0.29, 0.717) is 6.04 Å². The van der Waals surface area contributed by atoms with Gasteiger partial charge in [-0.25, -0.2) is 4.98 Å². The zero-order valence-electron chi connectivity index (χ0n) is 13.3. The van der Waals surface area contributed by atoms with Gasteiger partial charge >= 0.3 is 0 Å². The number of nitrogens with zero attached hydrogens (tertiary/aromatic N) is 3. The number of nitrogens with one attached hydrogen (secondary N) is 1. The smallest absolute Gasteiger partial charge is 0.226 e. The van der Waals surface area contributed by atoms with Gasteiger partial charge in [0, 0.05) is 24.0 Å². The van der Waals surface area contributed by atoms with Gasteiger partial charge in [-0.05, 0) is 45.6 Å². The van der Waals surface area contributed by atoms with Gasteiger partial charge in [0.25, 0.3) is 0 Å². The molecule has 2 unspecified atom stereocenters. The molecule has 0 bridgehead atoms. The molecule has 3 rings (SSSR count). The summed E-state index contributed by atoms with van der Waals surface area (Å²) in [5, 5.41) is 4.48. The SMILES string of the molecule is CCNc1nc(N2CC(C)CCC2C)c2cc(C)sc2n1. The quantitative estimate of drug-likeness (QED) is 0.928. The fourth-order valence-electron chi connectivity index (χ4n) is 3.07. The molecule has 1 N–H and O–H groups in total. The second-order valence-electron chi connectivity index (χ2n) is 6.16. The van der Waals surface area contributed by atoms with E-state index in [9.17, 15) is 0 Å². The van der Waals surface area contributed by atoms with E-state index >= 15 is 0 Å². The van der Waals surface area contributed by atoms with Gasteiger partial charge in [0.05, 0.1) is 5.39 Å². The monoisotopic (exact) mass is 304 g/mol. The Morgan fingerprint density at radius 3 is 2.90 bits per heavy atom. The maximum atomic E-state index is 4.82. The molecular weight excluding hydrogens is 280 g/mol. The lowest BCUT2D eigenvalue weighted by Crippen LogP contribution is -2.41. The van der Waals surface area contributed by atoms with Crippen LogP contribution in [-0.4, -0.2) is 29.1 Å². The first-order chi connectivity index (χ1) is 10.1. The number of hydrogen-bond acceptors (Lipinski definition) is 5. The molecule has 1 saturated heterocycles. The molecule has 4 nitrogen and oxygen atoms in total. The third kappa shape index (κ3) is 2.84. The summed E-state index contributed by atoms with van der Waals surface area (Å²) in [7, 11) is 0. The number of thiophene rings is 1. The molecular formula is C16H24N4S. The van der Waals surface area contributed by atoms with Gasteiger partial charge in [0.15, 0.2) is 0 Å². The largest absolute Gasteiger partial charge is 0.354 e. The van der Waals surface area contributed by atoms with Crippen molar-refractivity contribution in [3.8, 4) is 0 Å². The Labute approximate surface area is 130 Å². The van der Waals surface area contributed by atoms with E-state index in [4.69, 9.17) is 4.98 Å². The Morgan fingerprint density at radius 2 is 2.14 bits per heavy atom. The van der Waals surface area contributed by atoms with Crippen molar-refractivity contribution in [3.63, 3.8) is 0 Å². The molecule has 2 aromatic rings. The van der Waals surface area contributed by atoms with Crippen LogP contribution in [0.5, 0.6) is 0 Å². The maximum Gasteiger partial charge on any atom is 0.226 e. The van der Waals surface area contributed by atoms with Crippen molar-refractivity contribution in [1.82, 2.24) is 9.97 Å². The minimum atomic E-state index is 0.550. The highest BCUT2D eigenvalue weighted by atomic mass is 32.1. The molecule has 2 aromatic heterocycles. The average molecular weight is 304 g/mol. The first-order valence-corrected chi connectivity index (χ1v) is 8.68. The van der Waals surface area contributed by atoms with Gasteiger partial charge < -0.3 is 10.2 Å². The lowest BCUT2D eigenvalue weighted by molar-refractivity contribution is 0.389. The van der Waals surface area contributed by atoms with E-state index in [0.717, 1.165) is 35.6 Å². The Kier molecular flexibility index (Phi) is 4.02. The van der Waals surface area contributed by atoms with E-state index in [1.165, 1.54) is 23.1 Å². The Bertz CT molecular complexity index is 636. The highest BCUT2D eigenvalue weighted by Crippen LogP contribution is 2.35. The van der Waals surface area contributed by atoms with Crippen LogP contribution in [0, 0.1) is 12.8 Å². The van der Waals surface area contributed by atoms with Crippen LogP contribution in [0.2, 0.25) is 0 Å². The molecule has 0 spiro atoms. The van der Waals surface area contributed by atoms with Crippen LogP contribution >= 0.6 is 11.3 Å². The summed E-state index contributed by atoms with van der Waals surface area (Å²) in [5.41, 5.74) is 0. The van der Waals surface area contributed by atoms with Gasteiger partial charge in [-0.3, -0.25) is 0 Å². The predicted octanol–water partition coefficient (Wildman–Crippen LogP) is 4.06. The zero-order chi connectivity index (χ0) is 15.0. The third-order valence-electron chi connectivity index (χ3n) is 4.22. The van der Waals surface area contributed by atoms with Crippen LogP contribution < -0.4 is 10.2 Å².